The van der Waals surface area contributed by atoms with Crippen molar-refractivity contribution in [3.8, 4) is 17.7 Å². The average molecular weight is 539 g/mol. The van der Waals surface area contributed by atoms with Gasteiger partial charge in [-0.15, -0.1) is 0 Å². The van der Waals surface area contributed by atoms with Crippen LogP contribution in [0.2, 0.25) is 0 Å². The molecular formula is C28H21F3N2O4S. The third kappa shape index (κ3) is 5.74. The molecule has 0 unspecified atom stereocenters. The van der Waals surface area contributed by atoms with Gasteiger partial charge >= 0.3 is 12.1 Å². The van der Waals surface area contributed by atoms with E-state index >= 15 is 0 Å². The summed E-state index contributed by atoms with van der Waals surface area (Å²) in [6, 6.07) is 20.7. The van der Waals surface area contributed by atoms with E-state index in [0.29, 0.717) is 0 Å². The summed E-state index contributed by atoms with van der Waals surface area (Å²) in [6.07, 6.45) is -1.26. The number of carboxylic acids is 1. The summed E-state index contributed by atoms with van der Waals surface area (Å²) in [7, 11) is -4.20. The van der Waals surface area contributed by atoms with Gasteiger partial charge in [-0.25, -0.2) is 17.5 Å². The number of para-hydroxylation sites is 1. The minimum Gasteiger partial charge on any atom is -0.478 e. The lowest BCUT2D eigenvalue weighted by molar-refractivity contribution is -0.137. The Morgan fingerprint density at radius 3 is 2.16 bits per heavy atom. The molecule has 0 amide bonds. The molecule has 6 nitrogen and oxygen atoms in total. The molecule has 0 spiro atoms. The molecule has 3 aromatic carbocycles. The van der Waals surface area contributed by atoms with E-state index in [0.717, 1.165) is 22.0 Å². The SMILES string of the molecule is Cc1ccc(S(=O)(=O)N(C#Cc2cccc(C(=O)O)c2-n2cccc2)Cc2ccc(C(F)(F)F)cc2)cc1. The first-order valence-electron chi connectivity index (χ1n) is 11.2. The number of aromatic nitrogens is 1. The van der Waals surface area contributed by atoms with E-state index in [2.05, 4.69) is 12.0 Å². The lowest BCUT2D eigenvalue weighted by Gasteiger charge is -2.19. The van der Waals surface area contributed by atoms with Crippen molar-refractivity contribution in [3.63, 3.8) is 0 Å². The van der Waals surface area contributed by atoms with Gasteiger partial charge in [0.05, 0.1) is 33.8 Å². The number of carboxylic acid groups (broad SMARTS) is 1. The van der Waals surface area contributed by atoms with Crippen LogP contribution in [0.25, 0.3) is 5.69 Å². The number of aryl methyl sites for hydroxylation is 1. The first-order valence-corrected chi connectivity index (χ1v) is 12.7. The van der Waals surface area contributed by atoms with Gasteiger partial charge in [0.2, 0.25) is 0 Å². The summed E-state index contributed by atoms with van der Waals surface area (Å²) in [6.45, 7) is 1.47. The predicted octanol–water partition coefficient (Wildman–Crippen LogP) is 5.70. The van der Waals surface area contributed by atoms with Crippen LogP contribution in [-0.4, -0.2) is 28.4 Å². The van der Waals surface area contributed by atoms with Gasteiger partial charge in [0.15, 0.2) is 0 Å². The molecule has 0 saturated heterocycles. The van der Waals surface area contributed by atoms with Crippen molar-refractivity contribution < 1.29 is 31.5 Å². The number of halogens is 3. The zero-order chi connectivity index (χ0) is 27.5. The Balaban J connectivity index is 1.81. The number of hydrogen-bond acceptors (Lipinski definition) is 3. The van der Waals surface area contributed by atoms with Crippen LogP contribution in [0.5, 0.6) is 0 Å². The highest BCUT2D eigenvalue weighted by Gasteiger charge is 2.30. The van der Waals surface area contributed by atoms with Crippen molar-refractivity contribution in [1.29, 1.82) is 0 Å². The van der Waals surface area contributed by atoms with Crippen LogP contribution in [0.1, 0.15) is 32.6 Å². The fraction of sp³-hybridized carbons (Fsp3) is 0.107. The van der Waals surface area contributed by atoms with Crippen LogP contribution >= 0.6 is 0 Å². The van der Waals surface area contributed by atoms with Crippen molar-refractivity contribution in [2.24, 2.45) is 0 Å². The molecule has 0 radical (unpaired) electrons. The quantitative estimate of drug-likeness (QED) is 0.252. The molecule has 1 heterocycles. The molecule has 0 aliphatic carbocycles. The maximum Gasteiger partial charge on any atom is 0.416 e. The van der Waals surface area contributed by atoms with Gasteiger partial charge in [0, 0.05) is 18.4 Å². The number of benzene rings is 3. The number of alkyl halides is 3. The van der Waals surface area contributed by atoms with Gasteiger partial charge < -0.3 is 9.67 Å². The van der Waals surface area contributed by atoms with E-state index in [1.165, 1.54) is 36.4 Å². The molecule has 38 heavy (non-hydrogen) atoms. The fourth-order valence-corrected chi connectivity index (χ4v) is 4.91. The highest BCUT2D eigenvalue weighted by Crippen LogP contribution is 2.29. The molecule has 1 aromatic heterocycles. The molecule has 0 saturated carbocycles. The van der Waals surface area contributed by atoms with Crippen molar-refractivity contribution in [2.45, 2.75) is 24.5 Å². The van der Waals surface area contributed by atoms with E-state index in [1.54, 1.807) is 54.2 Å². The second kappa shape index (κ2) is 10.5. The molecular weight excluding hydrogens is 517 g/mol. The second-order valence-corrected chi connectivity index (χ2v) is 10.2. The molecule has 0 atom stereocenters. The van der Waals surface area contributed by atoms with Crippen LogP contribution in [-0.2, 0) is 22.7 Å². The summed E-state index contributed by atoms with van der Waals surface area (Å²) >= 11 is 0. The normalized spacial score (nSPS) is 11.5. The van der Waals surface area contributed by atoms with Gasteiger partial charge in [-0.1, -0.05) is 35.9 Å². The number of rotatable bonds is 6. The third-order valence-electron chi connectivity index (χ3n) is 5.66. The Bertz CT molecular complexity index is 1620. The van der Waals surface area contributed by atoms with Crippen LogP contribution in [0.4, 0.5) is 13.2 Å². The lowest BCUT2D eigenvalue weighted by atomic mass is 10.1. The van der Waals surface area contributed by atoms with Crippen molar-refractivity contribution in [3.05, 3.63) is 119 Å². The van der Waals surface area contributed by atoms with Gasteiger partial charge in [-0.2, -0.15) is 13.2 Å². The van der Waals surface area contributed by atoms with E-state index in [4.69, 9.17) is 0 Å². The molecule has 1 N–H and O–H groups in total. The van der Waals surface area contributed by atoms with Gasteiger partial charge in [-0.3, -0.25) is 0 Å². The van der Waals surface area contributed by atoms with Crippen molar-refractivity contribution >= 4 is 16.0 Å². The number of hydrogen-bond donors (Lipinski definition) is 1. The minimum absolute atomic E-state index is 0.0383. The Morgan fingerprint density at radius 2 is 1.58 bits per heavy atom. The zero-order valence-corrected chi connectivity index (χ0v) is 20.8. The largest absolute Gasteiger partial charge is 0.478 e. The topological polar surface area (TPSA) is 79.6 Å². The lowest BCUT2D eigenvalue weighted by Crippen LogP contribution is -2.26. The molecule has 0 fully saturated rings. The second-order valence-electron chi connectivity index (χ2n) is 8.35. The molecule has 10 heteroatoms. The summed E-state index contributed by atoms with van der Waals surface area (Å²) in [5, 5.41) is 9.69. The Labute approximate surface area is 217 Å². The maximum absolute atomic E-state index is 13.5. The Morgan fingerprint density at radius 1 is 0.947 bits per heavy atom. The van der Waals surface area contributed by atoms with Gasteiger partial charge in [-0.05, 0) is 66.9 Å². The standard InChI is InChI=1S/C28H21F3N2O4S/c1-20-7-13-24(14-8-20)38(36,37)33(19-21-9-11-23(12-10-21)28(29,30)31)18-15-22-5-4-6-25(27(34)35)26(22)32-16-2-3-17-32/h2-14,16-17H,19H2,1H3,(H,34,35). The van der Waals surface area contributed by atoms with E-state index in [1.807, 2.05) is 0 Å². The monoisotopic (exact) mass is 538 g/mol. The van der Waals surface area contributed by atoms with Crippen LogP contribution in [0, 0.1) is 18.9 Å². The minimum atomic E-state index is -4.53. The number of carbonyl (C=O) groups is 1. The number of sulfonamides is 1. The third-order valence-corrected chi connectivity index (χ3v) is 7.33. The van der Waals surface area contributed by atoms with E-state index in [-0.39, 0.29) is 33.8 Å². The van der Waals surface area contributed by atoms with Crippen molar-refractivity contribution in [1.82, 2.24) is 8.87 Å². The summed E-state index contributed by atoms with van der Waals surface area (Å²) < 4.78 is 68.5. The van der Waals surface area contributed by atoms with Gasteiger partial charge in [0.25, 0.3) is 10.0 Å². The summed E-state index contributed by atoms with van der Waals surface area (Å²) in [4.78, 5) is 11.8. The maximum atomic E-state index is 13.5. The van der Waals surface area contributed by atoms with Crippen LogP contribution in [0.15, 0.2) is 96.2 Å². The van der Waals surface area contributed by atoms with Crippen LogP contribution in [0.3, 0.4) is 0 Å². The average Bonchev–Trinajstić information content (AvgIpc) is 3.41. The zero-order valence-electron chi connectivity index (χ0n) is 20.0. The number of nitrogens with zero attached hydrogens (tertiary/aromatic N) is 2. The summed E-state index contributed by atoms with van der Waals surface area (Å²) in [5.41, 5.74) is 0.724. The van der Waals surface area contributed by atoms with E-state index in [9.17, 15) is 31.5 Å². The van der Waals surface area contributed by atoms with E-state index < -0.39 is 27.7 Å². The fourth-order valence-electron chi connectivity index (χ4n) is 3.69. The summed E-state index contributed by atoms with van der Waals surface area (Å²) in [5.74, 6) is 1.58. The molecule has 4 aromatic rings. The van der Waals surface area contributed by atoms with Crippen LogP contribution < -0.4 is 0 Å². The van der Waals surface area contributed by atoms with Crippen molar-refractivity contribution in [2.75, 3.05) is 0 Å². The highest BCUT2D eigenvalue weighted by molar-refractivity contribution is 7.89. The number of aromatic carboxylic acids is 1. The highest BCUT2D eigenvalue weighted by atomic mass is 32.2. The first kappa shape index (κ1) is 26.6. The molecule has 0 bridgehead atoms. The molecule has 4 rings (SSSR count). The first-order chi connectivity index (χ1) is 18.0. The molecule has 0 aliphatic rings. The smallest absolute Gasteiger partial charge is 0.416 e. The Hall–Kier alpha value is -4.49. The van der Waals surface area contributed by atoms with Gasteiger partial charge in [0.1, 0.15) is 0 Å². The predicted molar refractivity (Wildman–Crippen MR) is 135 cm³/mol. The molecule has 194 valence electrons. The Kier molecular flexibility index (Phi) is 7.32. The molecule has 0 aliphatic heterocycles.